The number of hydrogen-bond acceptors (Lipinski definition) is 6. The zero-order chi connectivity index (χ0) is 48.6. The van der Waals surface area contributed by atoms with Crippen molar-refractivity contribution in [3.63, 3.8) is 0 Å². The van der Waals surface area contributed by atoms with Crippen molar-refractivity contribution in [2.24, 2.45) is 0 Å². The van der Waals surface area contributed by atoms with E-state index in [1.165, 1.54) is 116 Å². The highest BCUT2D eigenvalue weighted by molar-refractivity contribution is 5.71. The molecule has 0 aliphatic carbocycles. The molecule has 6 heteroatoms. The maximum absolute atomic E-state index is 12.9. The quantitative estimate of drug-likeness (QED) is 0.0262. The van der Waals surface area contributed by atoms with Crippen molar-refractivity contribution in [2.45, 2.75) is 271 Å². The summed E-state index contributed by atoms with van der Waals surface area (Å²) in [5.41, 5.74) is 0. The Balaban J connectivity index is 4.43. The van der Waals surface area contributed by atoms with Crippen molar-refractivity contribution in [1.29, 1.82) is 0 Å². The third kappa shape index (κ3) is 53.4. The summed E-state index contributed by atoms with van der Waals surface area (Å²) in [6.07, 6.45) is 71.4. The van der Waals surface area contributed by atoms with Gasteiger partial charge in [0.15, 0.2) is 6.10 Å². The lowest BCUT2D eigenvalue weighted by molar-refractivity contribution is -0.167. The molecular weight excluding hydrogens is 829 g/mol. The van der Waals surface area contributed by atoms with E-state index in [0.717, 1.165) is 109 Å². The third-order valence-electron chi connectivity index (χ3n) is 11.9. The highest BCUT2D eigenvalue weighted by Crippen LogP contribution is 2.14. The molecule has 0 spiro atoms. The molecule has 0 aromatic carbocycles. The van der Waals surface area contributed by atoms with Crippen LogP contribution in [0.2, 0.25) is 0 Å². The van der Waals surface area contributed by atoms with Gasteiger partial charge in [0.05, 0.1) is 0 Å². The maximum atomic E-state index is 12.9. The van der Waals surface area contributed by atoms with Crippen LogP contribution >= 0.6 is 0 Å². The maximum Gasteiger partial charge on any atom is 0.306 e. The number of carbonyl (C=O) groups excluding carboxylic acids is 3. The summed E-state index contributed by atoms with van der Waals surface area (Å²) in [5, 5.41) is 0. The number of esters is 3. The van der Waals surface area contributed by atoms with Crippen LogP contribution in [0.3, 0.4) is 0 Å². The molecule has 0 fully saturated rings. The molecule has 0 rings (SSSR count). The highest BCUT2D eigenvalue weighted by atomic mass is 16.6. The molecule has 0 aromatic rings. The number of ether oxygens (including phenoxy) is 3. The third-order valence-corrected chi connectivity index (χ3v) is 11.9. The van der Waals surface area contributed by atoms with E-state index >= 15 is 0 Å². The summed E-state index contributed by atoms with van der Waals surface area (Å²) in [4.78, 5) is 38.1. The average Bonchev–Trinajstić information content (AvgIpc) is 3.33. The second-order valence-electron chi connectivity index (χ2n) is 18.5. The Hall–Kier alpha value is -3.41. The zero-order valence-electron chi connectivity index (χ0n) is 43.9. The monoisotopic (exact) mass is 933 g/mol. The van der Waals surface area contributed by atoms with Gasteiger partial charge in [-0.15, -0.1) is 0 Å². The number of allylic oxidation sites excluding steroid dienone is 14. The topological polar surface area (TPSA) is 78.9 Å². The molecule has 0 aromatic heterocycles. The van der Waals surface area contributed by atoms with Gasteiger partial charge in [-0.25, -0.2) is 0 Å². The first-order valence-corrected chi connectivity index (χ1v) is 28.1. The standard InChI is InChI=1S/C61H104O6/c1-4-7-10-13-16-19-22-25-27-29-30-32-34-37-40-43-46-49-52-55-61(64)67-58(56-65-59(62)53-50-47-44-41-38-35-24-21-18-15-12-9-6-3)57-66-60(63)54-51-48-45-42-39-36-33-31-28-26-23-20-17-14-11-8-5-2/h8,11,16-17,19-21,24-28,33,36,58H,4-7,9-10,12-15,18,22-23,29-32,34-35,37-57H2,1-3H3/b11-8-,19-16-,20-17-,24-21-,27-25-,28-26-,36-33-/t58-/m0/s1. The van der Waals surface area contributed by atoms with Crippen LogP contribution in [0.25, 0.3) is 0 Å². The van der Waals surface area contributed by atoms with E-state index in [2.05, 4.69) is 106 Å². The van der Waals surface area contributed by atoms with Crippen LogP contribution in [0.1, 0.15) is 265 Å². The highest BCUT2D eigenvalue weighted by Gasteiger charge is 2.19. The first-order valence-electron chi connectivity index (χ1n) is 28.1. The largest absolute Gasteiger partial charge is 0.462 e. The molecule has 0 radical (unpaired) electrons. The molecule has 1 atom stereocenters. The van der Waals surface area contributed by atoms with Gasteiger partial charge >= 0.3 is 17.9 Å². The van der Waals surface area contributed by atoms with E-state index in [1.807, 2.05) is 0 Å². The van der Waals surface area contributed by atoms with Crippen molar-refractivity contribution < 1.29 is 28.6 Å². The summed E-state index contributed by atoms with van der Waals surface area (Å²) in [7, 11) is 0. The molecule has 0 amide bonds. The van der Waals surface area contributed by atoms with Gasteiger partial charge in [-0.2, -0.15) is 0 Å². The summed E-state index contributed by atoms with van der Waals surface area (Å²) in [5.74, 6) is -0.923. The van der Waals surface area contributed by atoms with E-state index in [9.17, 15) is 14.4 Å². The number of unbranched alkanes of at least 4 members (excludes halogenated alkanes) is 25. The van der Waals surface area contributed by atoms with E-state index in [1.54, 1.807) is 0 Å². The Morgan fingerprint density at radius 3 is 0.955 bits per heavy atom. The Morgan fingerprint density at radius 1 is 0.313 bits per heavy atom. The fourth-order valence-electron chi connectivity index (χ4n) is 7.63. The molecule has 67 heavy (non-hydrogen) atoms. The van der Waals surface area contributed by atoms with Crippen LogP contribution in [0.5, 0.6) is 0 Å². The fourth-order valence-corrected chi connectivity index (χ4v) is 7.63. The molecule has 0 aliphatic heterocycles. The predicted octanol–water partition coefficient (Wildman–Crippen LogP) is 18.8. The lowest BCUT2D eigenvalue weighted by Crippen LogP contribution is -2.30. The number of hydrogen-bond donors (Lipinski definition) is 0. The fraction of sp³-hybridized carbons (Fsp3) is 0.721. The van der Waals surface area contributed by atoms with Crippen LogP contribution in [-0.4, -0.2) is 37.2 Å². The zero-order valence-corrected chi connectivity index (χ0v) is 43.9. The van der Waals surface area contributed by atoms with Crippen LogP contribution in [0.4, 0.5) is 0 Å². The minimum Gasteiger partial charge on any atom is -0.462 e. The SMILES string of the molecule is CC/C=C\C/C=C\C/C=C\C/C=C\CCCCCCC(=O)OC[C@H](COC(=O)CCCCCCC/C=C\CCCCCC)OC(=O)CCCCCCCCCCC/C=C\C/C=C\CCCCC. The number of carbonyl (C=O) groups is 3. The first kappa shape index (κ1) is 63.6. The van der Waals surface area contributed by atoms with Gasteiger partial charge in [-0.1, -0.05) is 215 Å². The molecule has 0 N–H and O–H groups in total. The van der Waals surface area contributed by atoms with E-state index < -0.39 is 6.10 Å². The normalized spacial score (nSPS) is 12.7. The van der Waals surface area contributed by atoms with Gasteiger partial charge in [-0.3, -0.25) is 14.4 Å². The molecule has 0 saturated heterocycles. The lowest BCUT2D eigenvalue weighted by Gasteiger charge is -2.18. The molecule has 0 saturated carbocycles. The lowest BCUT2D eigenvalue weighted by atomic mass is 10.1. The minimum absolute atomic E-state index is 0.0905. The van der Waals surface area contributed by atoms with Gasteiger partial charge in [0, 0.05) is 19.3 Å². The second-order valence-corrected chi connectivity index (χ2v) is 18.5. The average molecular weight is 933 g/mol. The molecule has 0 aliphatic rings. The van der Waals surface area contributed by atoms with Crippen molar-refractivity contribution in [1.82, 2.24) is 0 Å². The Morgan fingerprint density at radius 2 is 0.582 bits per heavy atom. The second kappa shape index (κ2) is 55.2. The molecular formula is C61H104O6. The Bertz CT molecular complexity index is 1300. The van der Waals surface area contributed by atoms with Gasteiger partial charge < -0.3 is 14.2 Å². The van der Waals surface area contributed by atoms with Gasteiger partial charge in [0.25, 0.3) is 0 Å². The molecule has 0 unspecified atom stereocenters. The van der Waals surface area contributed by atoms with Crippen molar-refractivity contribution in [3.05, 3.63) is 85.1 Å². The summed E-state index contributed by atoms with van der Waals surface area (Å²) >= 11 is 0. The molecule has 0 heterocycles. The Labute approximate surface area is 414 Å². The van der Waals surface area contributed by atoms with E-state index in [4.69, 9.17) is 14.2 Å². The van der Waals surface area contributed by atoms with Crippen LogP contribution in [0.15, 0.2) is 85.1 Å². The van der Waals surface area contributed by atoms with Gasteiger partial charge in [0.1, 0.15) is 13.2 Å². The molecule has 384 valence electrons. The van der Waals surface area contributed by atoms with Crippen LogP contribution < -0.4 is 0 Å². The smallest absolute Gasteiger partial charge is 0.306 e. The van der Waals surface area contributed by atoms with Gasteiger partial charge in [0.2, 0.25) is 0 Å². The van der Waals surface area contributed by atoms with E-state index in [0.29, 0.717) is 19.3 Å². The Kier molecular flexibility index (Phi) is 52.4. The molecule has 0 bridgehead atoms. The van der Waals surface area contributed by atoms with E-state index in [-0.39, 0.29) is 31.1 Å². The van der Waals surface area contributed by atoms with Crippen molar-refractivity contribution >= 4 is 17.9 Å². The van der Waals surface area contributed by atoms with Crippen molar-refractivity contribution in [3.8, 4) is 0 Å². The van der Waals surface area contributed by atoms with Crippen molar-refractivity contribution in [2.75, 3.05) is 13.2 Å². The summed E-state index contributed by atoms with van der Waals surface area (Å²) < 4.78 is 16.8. The van der Waals surface area contributed by atoms with Crippen LogP contribution in [-0.2, 0) is 28.6 Å². The summed E-state index contributed by atoms with van der Waals surface area (Å²) in [6, 6.07) is 0. The first-order chi connectivity index (χ1) is 33.0. The predicted molar refractivity (Wildman–Crippen MR) is 288 cm³/mol. The minimum atomic E-state index is -0.793. The van der Waals surface area contributed by atoms with Gasteiger partial charge in [-0.05, 0) is 116 Å². The number of rotatable bonds is 50. The summed E-state index contributed by atoms with van der Waals surface area (Å²) in [6.45, 7) is 6.46. The molecule has 6 nitrogen and oxygen atoms in total. The van der Waals surface area contributed by atoms with Crippen LogP contribution in [0, 0.1) is 0 Å².